The third-order valence-corrected chi connectivity index (χ3v) is 15.3. The Kier molecular flexibility index (Phi) is 59.9. The molecule has 2 atom stereocenters. The van der Waals surface area contributed by atoms with E-state index in [-0.39, 0.29) is 18.5 Å². The molecule has 0 saturated carbocycles. The molecule has 0 aromatic carbocycles. The summed E-state index contributed by atoms with van der Waals surface area (Å²) >= 11 is 0. The lowest BCUT2D eigenvalue weighted by Crippen LogP contribution is -2.45. The zero-order valence-electron chi connectivity index (χ0n) is 48.2. The summed E-state index contributed by atoms with van der Waals surface area (Å²) in [6.07, 6.45) is 74.3. The van der Waals surface area contributed by atoms with E-state index in [1.807, 2.05) is 6.08 Å². The molecule has 6 heteroatoms. The van der Waals surface area contributed by atoms with E-state index in [1.54, 1.807) is 6.08 Å². The highest BCUT2D eigenvalue weighted by Crippen LogP contribution is 2.19. The fourth-order valence-corrected chi connectivity index (χ4v) is 10.3. The lowest BCUT2D eigenvalue weighted by molar-refractivity contribution is -0.143. The zero-order valence-corrected chi connectivity index (χ0v) is 48.2. The van der Waals surface area contributed by atoms with Gasteiger partial charge in [0.15, 0.2) is 0 Å². The highest BCUT2D eigenvalue weighted by molar-refractivity contribution is 5.76. The molecule has 0 saturated heterocycles. The molecular weight excluding hydrogens is 875 g/mol. The molecule has 0 aromatic heterocycles. The van der Waals surface area contributed by atoms with Gasteiger partial charge in [-0.05, 0) is 32.1 Å². The number of aliphatic hydroxyl groups excluding tert-OH is 2. The van der Waals surface area contributed by atoms with E-state index in [0.717, 1.165) is 38.5 Å². The van der Waals surface area contributed by atoms with Crippen molar-refractivity contribution in [2.24, 2.45) is 0 Å². The van der Waals surface area contributed by atoms with Crippen LogP contribution < -0.4 is 5.32 Å². The van der Waals surface area contributed by atoms with Crippen molar-refractivity contribution in [3.8, 4) is 0 Å². The first kappa shape index (κ1) is 69.6. The molecule has 0 heterocycles. The molecule has 0 bridgehead atoms. The number of esters is 1. The Morgan fingerprint density at radius 1 is 0.380 bits per heavy atom. The van der Waals surface area contributed by atoms with Crippen LogP contribution in [-0.2, 0) is 14.3 Å². The predicted octanol–water partition coefficient (Wildman–Crippen LogP) is 20.4. The number of amides is 1. The molecule has 0 rings (SSSR count). The topological polar surface area (TPSA) is 95.9 Å². The predicted molar refractivity (Wildman–Crippen MR) is 310 cm³/mol. The van der Waals surface area contributed by atoms with Gasteiger partial charge in [-0.1, -0.05) is 334 Å². The Balaban J connectivity index is 3.29. The van der Waals surface area contributed by atoms with Gasteiger partial charge in [-0.2, -0.15) is 0 Å². The lowest BCUT2D eigenvalue weighted by atomic mass is 10.0. The van der Waals surface area contributed by atoms with Crippen LogP contribution in [0.4, 0.5) is 0 Å². The molecule has 2 unspecified atom stereocenters. The number of carbonyl (C=O) groups is 2. The van der Waals surface area contributed by atoms with E-state index in [0.29, 0.717) is 19.4 Å². The molecule has 0 spiro atoms. The third kappa shape index (κ3) is 57.7. The van der Waals surface area contributed by atoms with Crippen LogP contribution in [0.5, 0.6) is 0 Å². The van der Waals surface area contributed by atoms with Crippen molar-refractivity contribution in [2.45, 2.75) is 379 Å². The molecule has 71 heavy (non-hydrogen) atoms. The van der Waals surface area contributed by atoms with E-state index < -0.39 is 12.1 Å². The molecule has 0 aromatic rings. The second-order valence-electron chi connectivity index (χ2n) is 22.5. The second-order valence-corrected chi connectivity index (χ2v) is 22.5. The first-order chi connectivity index (χ1) is 35.0. The van der Waals surface area contributed by atoms with Gasteiger partial charge in [-0.3, -0.25) is 9.59 Å². The van der Waals surface area contributed by atoms with Crippen LogP contribution >= 0.6 is 0 Å². The first-order valence-corrected chi connectivity index (χ1v) is 32.5. The second kappa shape index (κ2) is 61.1. The average molecular weight is 1000 g/mol. The van der Waals surface area contributed by atoms with Crippen LogP contribution in [0.3, 0.4) is 0 Å². The van der Waals surface area contributed by atoms with Gasteiger partial charge in [0.05, 0.1) is 25.4 Å². The third-order valence-electron chi connectivity index (χ3n) is 15.3. The van der Waals surface area contributed by atoms with Gasteiger partial charge in [0.1, 0.15) is 0 Å². The molecule has 6 nitrogen and oxygen atoms in total. The first-order valence-electron chi connectivity index (χ1n) is 32.5. The van der Waals surface area contributed by atoms with Crippen molar-refractivity contribution in [1.82, 2.24) is 5.32 Å². The van der Waals surface area contributed by atoms with Crippen LogP contribution in [0.25, 0.3) is 0 Å². The Bertz CT molecular complexity index is 1060. The number of hydrogen-bond donors (Lipinski definition) is 3. The van der Waals surface area contributed by atoms with Gasteiger partial charge in [0.25, 0.3) is 0 Å². The summed E-state index contributed by atoms with van der Waals surface area (Å²) in [4.78, 5) is 24.5. The minimum Gasteiger partial charge on any atom is -0.466 e. The molecule has 0 aliphatic rings. The number of ether oxygens (including phenoxy) is 1. The number of aliphatic hydroxyl groups is 2. The Morgan fingerprint density at radius 3 is 0.958 bits per heavy atom. The largest absolute Gasteiger partial charge is 0.466 e. The van der Waals surface area contributed by atoms with Gasteiger partial charge in [-0.25, -0.2) is 0 Å². The van der Waals surface area contributed by atoms with E-state index >= 15 is 0 Å². The quantitative estimate of drug-likeness (QED) is 0.0320. The normalized spacial score (nSPS) is 12.6. The van der Waals surface area contributed by atoms with Gasteiger partial charge < -0.3 is 20.3 Å². The lowest BCUT2D eigenvalue weighted by Gasteiger charge is -2.20. The SMILES string of the molecule is CCCCCCCCC/C=C/C(O)C(CO)NC(=O)CCCCCCCCCCCCCCCCCCCCCCCCCCCCCCCCOC(=O)CCCCCCCCCCCCCCCCC. The summed E-state index contributed by atoms with van der Waals surface area (Å²) in [6.45, 7) is 4.91. The average Bonchev–Trinajstić information content (AvgIpc) is 3.37. The molecule has 3 N–H and O–H groups in total. The highest BCUT2D eigenvalue weighted by Gasteiger charge is 2.18. The highest BCUT2D eigenvalue weighted by atomic mass is 16.5. The van der Waals surface area contributed by atoms with E-state index in [2.05, 4.69) is 19.2 Å². The summed E-state index contributed by atoms with van der Waals surface area (Å²) in [5.74, 6) is -0.0420. The smallest absolute Gasteiger partial charge is 0.305 e. The maximum Gasteiger partial charge on any atom is 0.305 e. The van der Waals surface area contributed by atoms with Crippen LogP contribution in [0.15, 0.2) is 12.2 Å². The maximum atomic E-state index is 12.4. The van der Waals surface area contributed by atoms with Crippen molar-refractivity contribution in [3.05, 3.63) is 12.2 Å². The van der Waals surface area contributed by atoms with Crippen LogP contribution in [0, 0.1) is 0 Å². The summed E-state index contributed by atoms with van der Waals surface area (Å²) in [5, 5.41) is 23.0. The fourth-order valence-electron chi connectivity index (χ4n) is 10.3. The molecule has 0 fully saturated rings. The van der Waals surface area contributed by atoms with Gasteiger partial charge >= 0.3 is 5.97 Å². The van der Waals surface area contributed by atoms with Crippen LogP contribution in [-0.4, -0.2) is 47.4 Å². The van der Waals surface area contributed by atoms with Crippen molar-refractivity contribution in [2.75, 3.05) is 13.2 Å². The van der Waals surface area contributed by atoms with Crippen molar-refractivity contribution in [3.63, 3.8) is 0 Å². The van der Waals surface area contributed by atoms with Crippen molar-refractivity contribution >= 4 is 11.9 Å². The van der Waals surface area contributed by atoms with Crippen LogP contribution in [0.2, 0.25) is 0 Å². The van der Waals surface area contributed by atoms with Crippen molar-refractivity contribution in [1.29, 1.82) is 0 Å². The van der Waals surface area contributed by atoms with Gasteiger partial charge in [0.2, 0.25) is 5.91 Å². The molecule has 1 amide bonds. The summed E-state index contributed by atoms with van der Waals surface area (Å²) in [5.41, 5.74) is 0. The number of allylic oxidation sites excluding steroid dienone is 1. The van der Waals surface area contributed by atoms with Gasteiger partial charge in [-0.15, -0.1) is 0 Å². The fraction of sp³-hybridized carbons (Fsp3) is 0.938. The minimum atomic E-state index is -0.838. The van der Waals surface area contributed by atoms with E-state index in [1.165, 1.54) is 302 Å². The molecule has 0 aliphatic heterocycles. The Morgan fingerprint density at radius 2 is 0.648 bits per heavy atom. The summed E-state index contributed by atoms with van der Waals surface area (Å²) < 4.78 is 5.50. The molecular formula is C65H127NO5. The summed E-state index contributed by atoms with van der Waals surface area (Å²) in [6, 6.07) is -0.621. The summed E-state index contributed by atoms with van der Waals surface area (Å²) in [7, 11) is 0. The maximum absolute atomic E-state index is 12.4. The number of unbranched alkanes of at least 4 members (excludes halogenated alkanes) is 50. The Labute approximate surface area is 444 Å². The van der Waals surface area contributed by atoms with E-state index in [9.17, 15) is 19.8 Å². The molecule has 422 valence electrons. The van der Waals surface area contributed by atoms with E-state index in [4.69, 9.17) is 4.74 Å². The minimum absolute atomic E-state index is 0.0232. The number of hydrogen-bond acceptors (Lipinski definition) is 5. The van der Waals surface area contributed by atoms with Crippen LogP contribution in [0.1, 0.15) is 367 Å². The Hall–Kier alpha value is -1.40. The van der Waals surface area contributed by atoms with Gasteiger partial charge in [0, 0.05) is 12.8 Å². The number of carbonyl (C=O) groups excluding carboxylic acids is 2. The molecule has 0 radical (unpaired) electrons. The zero-order chi connectivity index (χ0) is 51.4. The van der Waals surface area contributed by atoms with Crippen molar-refractivity contribution < 1.29 is 24.5 Å². The monoisotopic (exact) mass is 1000 g/mol. The number of nitrogens with one attached hydrogen (secondary N) is 1. The number of rotatable bonds is 61. The molecule has 0 aliphatic carbocycles. The standard InChI is InChI=1S/C65H127NO5/c1-3-5-7-9-11-13-14-15-32-36-39-43-47-51-55-59-65(70)71-60-56-52-48-44-40-37-34-31-29-27-25-23-21-19-17-16-18-20-22-24-26-28-30-33-35-38-42-46-50-54-58-64(69)66-62(61-67)63(68)57-53-49-45-41-12-10-8-6-4-2/h53,57,62-63,67-68H,3-52,54-56,58-61H2,1-2H3,(H,66,69)/b57-53+.